The molecule has 1 aliphatic heterocycles. The lowest BCUT2D eigenvalue weighted by atomic mass is 9.74. The number of aromatic nitrogens is 1. The first-order chi connectivity index (χ1) is 14.1. The van der Waals surface area contributed by atoms with E-state index in [4.69, 9.17) is 9.47 Å². The van der Waals surface area contributed by atoms with E-state index in [2.05, 4.69) is 46.6 Å². The van der Waals surface area contributed by atoms with Gasteiger partial charge in [-0.3, -0.25) is 4.99 Å². The molecule has 0 unspecified atom stereocenters. The zero-order valence-corrected chi connectivity index (χ0v) is 21.4. The Morgan fingerprint density at radius 1 is 1.20 bits per heavy atom. The van der Waals surface area contributed by atoms with Crippen molar-refractivity contribution in [1.29, 1.82) is 0 Å². The summed E-state index contributed by atoms with van der Waals surface area (Å²) in [5.41, 5.74) is 2.48. The Hall–Kier alpha value is -1.39. The zero-order valence-electron chi connectivity index (χ0n) is 18.3. The molecule has 0 saturated carbocycles. The lowest BCUT2D eigenvalue weighted by Gasteiger charge is -2.38. The second-order valence-corrected chi connectivity index (χ2v) is 8.76. The minimum Gasteiger partial charge on any atom is -0.497 e. The molecule has 8 heteroatoms. The fourth-order valence-electron chi connectivity index (χ4n) is 3.68. The number of ether oxygens (including phenoxy) is 2. The van der Waals surface area contributed by atoms with Gasteiger partial charge in [0.2, 0.25) is 0 Å². The maximum Gasteiger partial charge on any atom is 0.191 e. The SMILES string of the molecule is CN=C(NCCc1nc(C)c(C)s1)NCC1(c2ccc(OC)cc2)CCOCC1.I. The number of hydrogen-bond acceptors (Lipinski definition) is 5. The van der Waals surface area contributed by atoms with Crippen molar-refractivity contribution in [1.82, 2.24) is 15.6 Å². The van der Waals surface area contributed by atoms with Crippen molar-refractivity contribution < 1.29 is 9.47 Å². The molecular weight excluding hydrogens is 511 g/mol. The highest BCUT2D eigenvalue weighted by molar-refractivity contribution is 14.0. The van der Waals surface area contributed by atoms with Gasteiger partial charge in [-0.2, -0.15) is 0 Å². The maximum atomic E-state index is 5.65. The van der Waals surface area contributed by atoms with Crippen LogP contribution < -0.4 is 15.4 Å². The fraction of sp³-hybridized carbons (Fsp3) is 0.545. The molecule has 1 aromatic carbocycles. The molecule has 0 bridgehead atoms. The average Bonchev–Trinajstić information content (AvgIpc) is 3.08. The number of nitrogens with zero attached hydrogens (tertiary/aromatic N) is 2. The highest BCUT2D eigenvalue weighted by Gasteiger charge is 2.34. The van der Waals surface area contributed by atoms with Gasteiger partial charge in [0, 0.05) is 50.1 Å². The van der Waals surface area contributed by atoms with Crippen LogP contribution in [0.1, 0.15) is 34.0 Å². The molecule has 30 heavy (non-hydrogen) atoms. The summed E-state index contributed by atoms with van der Waals surface area (Å²) in [5.74, 6) is 1.71. The Morgan fingerprint density at radius 3 is 2.47 bits per heavy atom. The van der Waals surface area contributed by atoms with Crippen LogP contribution in [0, 0.1) is 13.8 Å². The minimum absolute atomic E-state index is 0. The van der Waals surface area contributed by atoms with E-state index in [0.29, 0.717) is 0 Å². The second kappa shape index (κ2) is 11.9. The molecule has 1 aromatic heterocycles. The molecule has 0 spiro atoms. The first-order valence-electron chi connectivity index (χ1n) is 10.2. The molecule has 2 N–H and O–H groups in total. The normalized spacial score (nSPS) is 15.9. The van der Waals surface area contributed by atoms with E-state index in [1.54, 1.807) is 18.4 Å². The van der Waals surface area contributed by atoms with Gasteiger partial charge in [0.25, 0.3) is 0 Å². The molecule has 0 radical (unpaired) electrons. The molecular formula is C22H33IN4O2S. The first kappa shape index (κ1) is 24.9. The smallest absolute Gasteiger partial charge is 0.191 e. The largest absolute Gasteiger partial charge is 0.497 e. The number of benzene rings is 1. The molecule has 1 aliphatic rings. The van der Waals surface area contributed by atoms with Gasteiger partial charge in [0.05, 0.1) is 17.8 Å². The number of halogens is 1. The summed E-state index contributed by atoms with van der Waals surface area (Å²) in [6, 6.07) is 8.43. The van der Waals surface area contributed by atoms with Crippen LogP contribution in [-0.2, 0) is 16.6 Å². The molecule has 3 rings (SSSR count). The maximum absolute atomic E-state index is 5.65. The summed E-state index contributed by atoms with van der Waals surface area (Å²) in [6.45, 7) is 7.38. The van der Waals surface area contributed by atoms with Crippen LogP contribution in [0.5, 0.6) is 5.75 Å². The van der Waals surface area contributed by atoms with E-state index in [9.17, 15) is 0 Å². The lowest BCUT2D eigenvalue weighted by molar-refractivity contribution is 0.0513. The van der Waals surface area contributed by atoms with Gasteiger partial charge in [0.1, 0.15) is 5.75 Å². The van der Waals surface area contributed by atoms with Gasteiger partial charge in [-0.1, -0.05) is 12.1 Å². The molecule has 1 fully saturated rings. The predicted octanol–water partition coefficient (Wildman–Crippen LogP) is 3.84. The van der Waals surface area contributed by atoms with Gasteiger partial charge in [-0.15, -0.1) is 35.3 Å². The van der Waals surface area contributed by atoms with E-state index in [-0.39, 0.29) is 29.4 Å². The van der Waals surface area contributed by atoms with E-state index >= 15 is 0 Å². The lowest BCUT2D eigenvalue weighted by Crippen LogP contribution is -2.48. The molecule has 2 heterocycles. The van der Waals surface area contributed by atoms with Crippen molar-refractivity contribution in [2.24, 2.45) is 4.99 Å². The highest BCUT2D eigenvalue weighted by Crippen LogP contribution is 2.35. The van der Waals surface area contributed by atoms with E-state index in [0.717, 1.165) is 63.0 Å². The third-order valence-electron chi connectivity index (χ3n) is 5.67. The van der Waals surface area contributed by atoms with Crippen LogP contribution in [0.2, 0.25) is 0 Å². The summed E-state index contributed by atoms with van der Waals surface area (Å²) >= 11 is 1.77. The minimum atomic E-state index is 0. The van der Waals surface area contributed by atoms with Gasteiger partial charge >= 0.3 is 0 Å². The fourth-order valence-corrected chi connectivity index (χ4v) is 4.62. The topological polar surface area (TPSA) is 67.8 Å². The van der Waals surface area contributed by atoms with Crippen molar-refractivity contribution in [3.8, 4) is 5.75 Å². The van der Waals surface area contributed by atoms with Crippen molar-refractivity contribution in [3.63, 3.8) is 0 Å². The van der Waals surface area contributed by atoms with Crippen LogP contribution in [0.4, 0.5) is 0 Å². The molecule has 0 atom stereocenters. The molecule has 2 aromatic rings. The number of aryl methyl sites for hydroxylation is 2. The predicted molar refractivity (Wildman–Crippen MR) is 135 cm³/mol. The monoisotopic (exact) mass is 544 g/mol. The van der Waals surface area contributed by atoms with Gasteiger partial charge in [-0.25, -0.2) is 4.98 Å². The quantitative estimate of drug-likeness (QED) is 0.315. The first-order valence-corrected chi connectivity index (χ1v) is 11.0. The summed E-state index contributed by atoms with van der Waals surface area (Å²) in [4.78, 5) is 10.3. The summed E-state index contributed by atoms with van der Waals surface area (Å²) in [6.07, 6.45) is 2.87. The number of guanidine groups is 1. The molecule has 1 saturated heterocycles. The molecule has 0 aliphatic carbocycles. The Bertz CT molecular complexity index is 798. The average molecular weight is 545 g/mol. The van der Waals surface area contributed by atoms with E-state index in [1.807, 2.05) is 19.2 Å². The number of aliphatic imine (C=N–C) groups is 1. The number of hydrogen-bond donors (Lipinski definition) is 2. The summed E-state index contributed by atoms with van der Waals surface area (Å²) in [7, 11) is 3.52. The van der Waals surface area contributed by atoms with E-state index in [1.165, 1.54) is 15.4 Å². The number of nitrogens with one attached hydrogen (secondary N) is 2. The van der Waals surface area contributed by atoms with Crippen LogP contribution in [0.25, 0.3) is 0 Å². The number of rotatable bonds is 7. The van der Waals surface area contributed by atoms with Gasteiger partial charge < -0.3 is 20.1 Å². The van der Waals surface area contributed by atoms with Crippen molar-refractivity contribution in [3.05, 3.63) is 45.4 Å². The molecule has 166 valence electrons. The van der Waals surface area contributed by atoms with Crippen LogP contribution in [0.15, 0.2) is 29.3 Å². The van der Waals surface area contributed by atoms with Crippen molar-refractivity contribution >= 4 is 41.3 Å². The van der Waals surface area contributed by atoms with Crippen molar-refractivity contribution in [2.75, 3.05) is 40.5 Å². The Kier molecular flexibility index (Phi) is 9.83. The third-order valence-corrected chi connectivity index (χ3v) is 6.81. The van der Waals surface area contributed by atoms with Crippen molar-refractivity contribution in [2.45, 2.75) is 38.5 Å². The highest BCUT2D eigenvalue weighted by atomic mass is 127. The van der Waals surface area contributed by atoms with Crippen LogP contribution in [0.3, 0.4) is 0 Å². The Labute approximate surface area is 200 Å². The number of thiazole rings is 1. The number of methoxy groups -OCH3 is 1. The Morgan fingerprint density at radius 2 is 1.90 bits per heavy atom. The van der Waals surface area contributed by atoms with Gasteiger partial charge in [-0.05, 0) is 44.4 Å². The third kappa shape index (κ3) is 6.31. The van der Waals surface area contributed by atoms with Crippen LogP contribution in [-0.4, -0.2) is 51.4 Å². The molecule has 6 nitrogen and oxygen atoms in total. The summed E-state index contributed by atoms with van der Waals surface area (Å²) in [5, 5.41) is 8.14. The standard InChI is InChI=1S/C22H32N4O2S.HI/c1-16-17(2)29-20(26-16)9-12-24-21(23-3)25-15-22(10-13-28-14-11-22)18-5-7-19(27-4)8-6-18;/h5-8H,9-15H2,1-4H3,(H2,23,24,25);1H. The summed E-state index contributed by atoms with van der Waals surface area (Å²) < 4.78 is 11.0. The van der Waals surface area contributed by atoms with Gasteiger partial charge in [0.15, 0.2) is 5.96 Å². The second-order valence-electron chi connectivity index (χ2n) is 7.47. The molecule has 0 amide bonds. The zero-order chi connectivity index (χ0) is 20.7. The Balaban J connectivity index is 0.00000320. The van der Waals surface area contributed by atoms with Crippen LogP contribution >= 0.6 is 35.3 Å². The van der Waals surface area contributed by atoms with E-state index < -0.39 is 0 Å².